The van der Waals surface area contributed by atoms with Crippen molar-refractivity contribution in [3.05, 3.63) is 36.4 Å². The summed E-state index contributed by atoms with van der Waals surface area (Å²) < 4.78 is 38.4. The highest BCUT2D eigenvalue weighted by Gasteiger charge is 2.48. The van der Waals surface area contributed by atoms with Gasteiger partial charge in [0.15, 0.2) is 0 Å². The Balaban J connectivity index is 1.96. The van der Waals surface area contributed by atoms with E-state index < -0.39 is 15.6 Å². The Bertz CT molecular complexity index is 618. The van der Waals surface area contributed by atoms with E-state index in [1.165, 1.54) is 0 Å². The van der Waals surface area contributed by atoms with Crippen molar-refractivity contribution in [1.82, 2.24) is 4.31 Å². The Morgan fingerprint density at radius 2 is 1.81 bits per heavy atom. The van der Waals surface area contributed by atoms with Gasteiger partial charge in [0.2, 0.25) is 10.0 Å². The molecule has 1 spiro atoms. The molecule has 114 valence electrons. The van der Waals surface area contributed by atoms with Crippen molar-refractivity contribution in [2.24, 2.45) is 0 Å². The van der Waals surface area contributed by atoms with Gasteiger partial charge in [0.25, 0.3) is 0 Å². The van der Waals surface area contributed by atoms with Crippen molar-refractivity contribution in [3.8, 4) is 0 Å². The lowest BCUT2D eigenvalue weighted by molar-refractivity contribution is -0.0293. The fraction of sp³-hybridized carbons (Fsp3) is 0.467. The number of ether oxygens (including phenoxy) is 2. The summed E-state index contributed by atoms with van der Waals surface area (Å²) in [6.07, 6.45) is 2.37. The Labute approximate surface area is 125 Å². The van der Waals surface area contributed by atoms with Crippen LogP contribution in [0.25, 0.3) is 6.08 Å². The maximum Gasteiger partial charge on any atom is 0.243 e. The summed E-state index contributed by atoms with van der Waals surface area (Å²) in [6, 6.07) is 6.78. The first-order valence-electron chi connectivity index (χ1n) is 6.99. The SMILES string of the molecule is C=Cc1ccc(S(=O)(=O)N2CCOCC23CCOC3)cc1. The first-order chi connectivity index (χ1) is 10.1. The highest BCUT2D eigenvalue weighted by Crippen LogP contribution is 2.34. The van der Waals surface area contributed by atoms with Crippen LogP contribution in [0.2, 0.25) is 0 Å². The fourth-order valence-corrected chi connectivity index (χ4v) is 4.66. The summed E-state index contributed by atoms with van der Waals surface area (Å²) >= 11 is 0. The third-order valence-electron chi connectivity index (χ3n) is 4.12. The monoisotopic (exact) mass is 309 g/mol. The average Bonchev–Trinajstić information content (AvgIpc) is 2.96. The van der Waals surface area contributed by atoms with Gasteiger partial charge in [0.05, 0.1) is 30.3 Å². The van der Waals surface area contributed by atoms with E-state index in [9.17, 15) is 8.42 Å². The molecule has 0 amide bonds. The molecule has 0 bridgehead atoms. The van der Waals surface area contributed by atoms with E-state index in [1.807, 2.05) is 0 Å². The van der Waals surface area contributed by atoms with Gasteiger partial charge >= 0.3 is 0 Å². The molecule has 1 aromatic rings. The number of morpholine rings is 1. The number of hydrogen-bond acceptors (Lipinski definition) is 4. The lowest BCUT2D eigenvalue weighted by Crippen LogP contribution is -2.59. The predicted molar refractivity (Wildman–Crippen MR) is 79.4 cm³/mol. The minimum Gasteiger partial charge on any atom is -0.379 e. The molecule has 2 aliphatic heterocycles. The van der Waals surface area contributed by atoms with Crippen LogP contribution in [0.1, 0.15) is 12.0 Å². The van der Waals surface area contributed by atoms with Crippen LogP contribution in [0.15, 0.2) is 35.7 Å². The number of sulfonamides is 1. The van der Waals surface area contributed by atoms with Gasteiger partial charge in [-0.05, 0) is 24.1 Å². The zero-order valence-corrected chi connectivity index (χ0v) is 12.6. The molecule has 0 aromatic heterocycles. The van der Waals surface area contributed by atoms with E-state index in [2.05, 4.69) is 6.58 Å². The second-order valence-electron chi connectivity index (χ2n) is 5.43. The van der Waals surface area contributed by atoms with Crippen LogP contribution in [0.3, 0.4) is 0 Å². The summed E-state index contributed by atoms with van der Waals surface area (Å²) in [7, 11) is -3.54. The summed E-state index contributed by atoms with van der Waals surface area (Å²) in [5, 5.41) is 0. The Morgan fingerprint density at radius 1 is 1.14 bits per heavy atom. The zero-order chi connectivity index (χ0) is 14.9. The topological polar surface area (TPSA) is 55.8 Å². The first-order valence-corrected chi connectivity index (χ1v) is 8.43. The molecule has 0 aliphatic carbocycles. The number of rotatable bonds is 3. The maximum atomic E-state index is 12.9. The van der Waals surface area contributed by atoms with Crippen LogP contribution < -0.4 is 0 Å². The van der Waals surface area contributed by atoms with Crippen molar-refractivity contribution < 1.29 is 17.9 Å². The molecule has 6 heteroatoms. The van der Waals surface area contributed by atoms with Gasteiger partial charge in [-0.15, -0.1) is 0 Å². The van der Waals surface area contributed by atoms with E-state index in [-0.39, 0.29) is 0 Å². The molecule has 2 heterocycles. The Hall–Kier alpha value is -1.21. The van der Waals surface area contributed by atoms with Crippen molar-refractivity contribution >= 4 is 16.1 Å². The molecule has 0 radical (unpaired) electrons. The minimum atomic E-state index is -3.54. The van der Waals surface area contributed by atoms with Gasteiger partial charge in [0.1, 0.15) is 0 Å². The summed E-state index contributed by atoms with van der Waals surface area (Å²) in [5.41, 5.74) is 0.351. The lowest BCUT2D eigenvalue weighted by atomic mass is 9.99. The van der Waals surface area contributed by atoms with Crippen LogP contribution in [0, 0.1) is 0 Å². The lowest BCUT2D eigenvalue weighted by Gasteiger charge is -2.42. The molecule has 1 unspecified atom stereocenters. The number of benzene rings is 1. The van der Waals surface area contributed by atoms with Gasteiger partial charge in [0, 0.05) is 13.2 Å². The van der Waals surface area contributed by atoms with Gasteiger partial charge in [-0.25, -0.2) is 8.42 Å². The normalized spacial score (nSPS) is 27.0. The largest absolute Gasteiger partial charge is 0.379 e. The molecular formula is C15H19NO4S. The van der Waals surface area contributed by atoms with E-state index in [1.54, 1.807) is 34.6 Å². The minimum absolute atomic E-state index is 0.307. The number of hydrogen-bond donors (Lipinski definition) is 0. The van der Waals surface area contributed by atoms with Crippen LogP contribution in [0.5, 0.6) is 0 Å². The molecule has 0 N–H and O–H groups in total. The smallest absolute Gasteiger partial charge is 0.243 e. The molecule has 1 aromatic carbocycles. The van der Waals surface area contributed by atoms with E-state index in [0.717, 1.165) is 5.56 Å². The van der Waals surface area contributed by atoms with E-state index in [0.29, 0.717) is 44.3 Å². The average molecular weight is 309 g/mol. The summed E-state index contributed by atoms with van der Waals surface area (Å²) in [6.45, 7) is 5.84. The van der Waals surface area contributed by atoms with Crippen molar-refractivity contribution in [1.29, 1.82) is 0 Å². The molecule has 2 fully saturated rings. The highest BCUT2D eigenvalue weighted by molar-refractivity contribution is 7.89. The summed E-state index contributed by atoms with van der Waals surface area (Å²) in [5.74, 6) is 0. The molecule has 21 heavy (non-hydrogen) atoms. The predicted octanol–water partition coefficient (Wildman–Crippen LogP) is 1.51. The van der Waals surface area contributed by atoms with Crippen LogP contribution in [-0.4, -0.2) is 51.2 Å². The van der Waals surface area contributed by atoms with Gasteiger partial charge in [-0.1, -0.05) is 24.8 Å². The fourth-order valence-electron chi connectivity index (χ4n) is 2.90. The molecule has 2 saturated heterocycles. The molecule has 2 aliphatic rings. The Kier molecular flexibility index (Phi) is 3.88. The highest BCUT2D eigenvalue weighted by atomic mass is 32.2. The molecule has 3 rings (SSSR count). The first kappa shape index (κ1) is 14.7. The van der Waals surface area contributed by atoms with E-state index in [4.69, 9.17) is 9.47 Å². The molecule has 0 saturated carbocycles. The zero-order valence-electron chi connectivity index (χ0n) is 11.8. The van der Waals surface area contributed by atoms with Crippen molar-refractivity contribution in [2.45, 2.75) is 16.9 Å². The van der Waals surface area contributed by atoms with Crippen molar-refractivity contribution in [2.75, 3.05) is 33.0 Å². The molecular weight excluding hydrogens is 290 g/mol. The molecule has 1 atom stereocenters. The van der Waals surface area contributed by atoms with Crippen LogP contribution in [0.4, 0.5) is 0 Å². The van der Waals surface area contributed by atoms with Gasteiger partial charge in [-0.2, -0.15) is 4.31 Å². The maximum absolute atomic E-state index is 12.9. The third-order valence-corrected chi connectivity index (χ3v) is 6.14. The quantitative estimate of drug-likeness (QED) is 0.849. The second kappa shape index (κ2) is 5.53. The number of nitrogens with zero attached hydrogens (tertiary/aromatic N) is 1. The summed E-state index contributed by atoms with van der Waals surface area (Å²) in [4.78, 5) is 0.307. The second-order valence-corrected chi connectivity index (χ2v) is 7.29. The van der Waals surface area contributed by atoms with Crippen molar-refractivity contribution in [3.63, 3.8) is 0 Å². The van der Waals surface area contributed by atoms with Crippen LogP contribution in [-0.2, 0) is 19.5 Å². The van der Waals surface area contributed by atoms with Gasteiger partial charge in [-0.3, -0.25) is 0 Å². The van der Waals surface area contributed by atoms with Gasteiger partial charge < -0.3 is 9.47 Å². The third kappa shape index (κ3) is 2.53. The van der Waals surface area contributed by atoms with E-state index >= 15 is 0 Å². The van der Waals surface area contributed by atoms with Crippen LogP contribution >= 0.6 is 0 Å². The standard InChI is InChI=1S/C15H19NO4S/c1-2-13-3-5-14(6-4-13)21(17,18)16-8-10-20-12-15(16)7-9-19-11-15/h2-6H,1,7-12H2. The molecule has 5 nitrogen and oxygen atoms in total. The Morgan fingerprint density at radius 3 is 2.38 bits per heavy atom.